The number of benzene rings is 2. The zero-order valence-electron chi connectivity index (χ0n) is 17.4. The Morgan fingerprint density at radius 2 is 1.71 bits per heavy atom. The van der Waals surface area contributed by atoms with Crippen LogP contribution in [0.2, 0.25) is 0 Å². The monoisotopic (exact) mass is 427 g/mol. The van der Waals surface area contributed by atoms with Gasteiger partial charge in [0.25, 0.3) is 11.8 Å². The first kappa shape index (κ1) is 23.4. The molecule has 0 radical (unpaired) electrons. The molecule has 0 aliphatic heterocycles. The lowest BCUT2D eigenvalue weighted by atomic mass is 10.2. The summed E-state index contributed by atoms with van der Waals surface area (Å²) in [7, 11) is 0. The molecule has 0 fully saturated rings. The highest BCUT2D eigenvalue weighted by Gasteiger charge is 2.07. The number of amides is 2. The molecule has 9 nitrogen and oxygen atoms in total. The molecule has 164 valence electrons. The van der Waals surface area contributed by atoms with Crippen LogP contribution in [0.4, 0.5) is 0 Å². The van der Waals surface area contributed by atoms with E-state index in [1.54, 1.807) is 37.3 Å². The van der Waals surface area contributed by atoms with Crippen LogP contribution in [-0.4, -0.2) is 50.4 Å². The van der Waals surface area contributed by atoms with Crippen molar-refractivity contribution in [3.8, 4) is 11.5 Å². The van der Waals surface area contributed by atoms with E-state index >= 15 is 0 Å². The van der Waals surface area contributed by atoms with E-state index in [1.807, 2.05) is 25.1 Å². The Bertz CT molecular complexity index is 912. The maximum absolute atomic E-state index is 11.8. The molecule has 2 amide bonds. The molecule has 2 aromatic rings. The third-order valence-electron chi connectivity index (χ3n) is 3.84. The van der Waals surface area contributed by atoms with Gasteiger partial charge in [-0.05, 0) is 55.3 Å². The SMILES string of the molecule is CCOC(=O)COc1ccc(/C=N/NC(=O)CNC(=O)COc2ccccc2C)cc1. The summed E-state index contributed by atoms with van der Waals surface area (Å²) in [6, 6.07) is 14.1. The zero-order chi connectivity index (χ0) is 22.5. The summed E-state index contributed by atoms with van der Waals surface area (Å²) in [5.74, 6) is -0.214. The van der Waals surface area contributed by atoms with Gasteiger partial charge in [-0.15, -0.1) is 0 Å². The van der Waals surface area contributed by atoms with Crippen molar-refractivity contribution in [2.45, 2.75) is 13.8 Å². The number of carbonyl (C=O) groups is 3. The highest BCUT2D eigenvalue weighted by atomic mass is 16.6. The van der Waals surface area contributed by atoms with Crippen LogP contribution in [0.25, 0.3) is 0 Å². The van der Waals surface area contributed by atoms with E-state index in [9.17, 15) is 14.4 Å². The van der Waals surface area contributed by atoms with E-state index in [0.717, 1.165) is 5.56 Å². The van der Waals surface area contributed by atoms with Crippen molar-refractivity contribution in [3.63, 3.8) is 0 Å². The van der Waals surface area contributed by atoms with Crippen molar-refractivity contribution in [1.82, 2.24) is 10.7 Å². The van der Waals surface area contributed by atoms with E-state index in [1.165, 1.54) is 6.21 Å². The van der Waals surface area contributed by atoms with Gasteiger partial charge in [-0.3, -0.25) is 9.59 Å². The highest BCUT2D eigenvalue weighted by Crippen LogP contribution is 2.15. The van der Waals surface area contributed by atoms with Crippen molar-refractivity contribution in [3.05, 3.63) is 59.7 Å². The van der Waals surface area contributed by atoms with Gasteiger partial charge in [-0.2, -0.15) is 5.10 Å². The number of carbonyl (C=O) groups excluding carboxylic acids is 3. The van der Waals surface area contributed by atoms with Gasteiger partial charge in [0.15, 0.2) is 13.2 Å². The Hall–Kier alpha value is -3.88. The Balaban J connectivity index is 1.66. The number of rotatable bonds is 11. The quantitative estimate of drug-likeness (QED) is 0.320. The lowest BCUT2D eigenvalue weighted by molar-refractivity contribution is -0.145. The zero-order valence-corrected chi connectivity index (χ0v) is 17.4. The van der Waals surface area contributed by atoms with Gasteiger partial charge in [0.05, 0.1) is 19.4 Å². The first-order valence-corrected chi connectivity index (χ1v) is 9.63. The van der Waals surface area contributed by atoms with Gasteiger partial charge in [0, 0.05) is 0 Å². The number of esters is 1. The standard InChI is InChI=1S/C22H25N3O6/c1-3-29-22(28)15-30-18-10-8-17(9-11-18)12-24-25-20(26)13-23-21(27)14-31-19-7-5-4-6-16(19)2/h4-12H,3,13-15H2,1-2H3,(H,23,27)(H,25,26)/b24-12+. The molecular weight excluding hydrogens is 402 g/mol. The van der Waals surface area contributed by atoms with Crippen molar-refractivity contribution in [1.29, 1.82) is 0 Å². The third kappa shape index (κ3) is 8.99. The third-order valence-corrected chi connectivity index (χ3v) is 3.84. The molecule has 2 N–H and O–H groups in total. The van der Waals surface area contributed by atoms with Gasteiger partial charge >= 0.3 is 5.97 Å². The minimum Gasteiger partial charge on any atom is -0.484 e. The summed E-state index contributed by atoms with van der Waals surface area (Å²) in [4.78, 5) is 34.8. The molecule has 9 heteroatoms. The second-order valence-corrected chi connectivity index (χ2v) is 6.29. The van der Waals surface area contributed by atoms with E-state index in [2.05, 4.69) is 15.8 Å². The van der Waals surface area contributed by atoms with E-state index < -0.39 is 17.8 Å². The molecular formula is C22H25N3O6. The predicted octanol–water partition coefficient (Wildman–Crippen LogP) is 1.58. The minimum atomic E-state index is -0.477. The maximum Gasteiger partial charge on any atom is 0.344 e. The number of ether oxygens (including phenoxy) is 3. The summed E-state index contributed by atoms with van der Waals surface area (Å²) < 4.78 is 15.5. The normalized spacial score (nSPS) is 10.4. The topological polar surface area (TPSA) is 115 Å². The molecule has 0 atom stereocenters. The average Bonchev–Trinajstić information content (AvgIpc) is 2.77. The van der Waals surface area contributed by atoms with Gasteiger partial charge < -0.3 is 19.5 Å². The predicted molar refractivity (Wildman–Crippen MR) is 114 cm³/mol. The number of nitrogens with one attached hydrogen (secondary N) is 2. The molecule has 0 saturated carbocycles. The fraction of sp³-hybridized carbons (Fsp3) is 0.273. The second kappa shape index (κ2) is 12.6. The van der Waals surface area contributed by atoms with Crippen molar-refractivity contribution < 1.29 is 28.6 Å². The molecule has 0 aromatic heterocycles. The van der Waals surface area contributed by atoms with E-state index in [4.69, 9.17) is 14.2 Å². The molecule has 31 heavy (non-hydrogen) atoms. The molecule has 0 unspecified atom stereocenters. The number of hydrazone groups is 1. The molecule has 2 aromatic carbocycles. The number of hydrogen-bond donors (Lipinski definition) is 2. The van der Waals surface area contributed by atoms with Crippen molar-refractivity contribution in [2.75, 3.05) is 26.4 Å². The first-order chi connectivity index (χ1) is 15.0. The fourth-order valence-electron chi connectivity index (χ4n) is 2.30. The number of nitrogens with zero attached hydrogens (tertiary/aromatic N) is 1. The van der Waals surface area contributed by atoms with E-state index in [-0.39, 0.29) is 19.8 Å². The maximum atomic E-state index is 11.8. The molecule has 0 aliphatic carbocycles. The molecule has 2 rings (SSSR count). The fourth-order valence-corrected chi connectivity index (χ4v) is 2.30. The van der Waals surface area contributed by atoms with Crippen LogP contribution in [0, 0.1) is 6.92 Å². The molecule has 0 bridgehead atoms. The summed E-state index contributed by atoms with van der Waals surface area (Å²) >= 11 is 0. The van der Waals surface area contributed by atoms with Crippen LogP contribution < -0.4 is 20.2 Å². The number of para-hydroxylation sites is 1. The first-order valence-electron chi connectivity index (χ1n) is 9.63. The Kier molecular flexibility index (Phi) is 9.54. The minimum absolute atomic E-state index is 0.168. The number of aryl methyl sites for hydroxylation is 1. The molecule has 0 spiro atoms. The van der Waals surface area contributed by atoms with Gasteiger partial charge in [0.1, 0.15) is 11.5 Å². The van der Waals surface area contributed by atoms with Crippen LogP contribution in [-0.2, 0) is 19.1 Å². The summed E-state index contributed by atoms with van der Waals surface area (Å²) in [5.41, 5.74) is 3.95. The van der Waals surface area contributed by atoms with Crippen molar-refractivity contribution >= 4 is 24.0 Å². The Morgan fingerprint density at radius 3 is 2.42 bits per heavy atom. The van der Waals surface area contributed by atoms with Gasteiger partial charge in [-0.1, -0.05) is 18.2 Å². The summed E-state index contributed by atoms with van der Waals surface area (Å²) in [6.45, 7) is 3.32. The Labute approximate surface area is 180 Å². The highest BCUT2D eigenvalue weighted by molar-refractivity contribution is 5.86. The molecule has 0 saturated heterocycles. The lowest BCUT2D eigenvalue weighted by Crippen LogP contribution is -2.37. The van der Waals surface area contributed by atoms with Crippen LogP contribution in [0.3, 0.4) is 0 Å². The van der Waals surface area contributed by atoms with Crippen LogP contribution in [0.15, 0.2) is 53.6 Å². The van der Waals surface area contributed by atoms with Gasteiger partial charge in [0.2, 0.25) is 0 Å². The summed E-state index contributed by atoms with van der Waals surface area (Å²) in [6.07, 6.45) is 1.44. The number of hydrogen-bond acceptors (Lipinski definition) is 7. The van der Waals surface area contributed by atoms with E-state index in [0.29, 0.717) is 23.7 Å². The average molecular weight is 427 g/mol. The smallest absolute Gasteiger partial charge is 0.344 e. The largest absolute Gasteiger partial charge is 0.484 e. The van der Waals surface area contributed by atoms with Crippen molar-refractivity contribution in [2.24, 2.45) is 5.10 Å². The van der Waals surface area contributed by atoms with Gasteiger partial charge in [-0.25, -0.2) is 10.2 Å². The van der Waals surface area contributed by atoms with Crippen LogP contribution in [0.1, 0.15) is 18.1 Å². The summed E-state index contributed by atoms with van der Waals surface area (Å²) in [5, 5.41) is 6.29. The second-order valence-electron chi connectivity index (χ2n) is 6.29. The molecule has 0 aliphatic rings. The molecule has 0 heterocycles. The van der Waals surface area contributed by atoms with Crippen LogP contribution >= 0.6 is 0 Å². The Morgan fingerprint density at radius 1 is 0.968 bits per heavy atom. The lowest BCUT2D eigenvalue weighted by Gasteiger charge is -2.08. The van der Waals surface area contributed by atoms with Crippen LogP contribution in [0.5, 0.6) is 11.5 Å².